The van der Waals surface area contributed by atoms with Crippen molar-refractivity contribution in [3.63, 3.8) is 0 Å². The van der Waals surface area contributed by atoms with E-state index in [2.05, 4.69) is 20.5 Å². The molecule has 2 aromatic rings. The zero-order chi connectivity index (χ0) is 11.9. The molecule has 0 amide bonds. The van der Waals surface area contributed by atoms with E-state index in [1.165, 1.54) is 6.20 Å². The molecule has 7 heteroatoms. The summed E-state index contributed by atoms with van der Waals surface area (Å²) in [4.78, 5) is 18.4. The van der Waals surface area contributed by atoms with Crippen molar-refractivity contribution in [1.29, 1.82) is 0 Å². The molecule has 0 saturated heterocycles. The average Bonchev–Trinajstić information content (AvgIpc) is 2.60. The predicted octanol–water partition coefficient (Wildman–Crippen LogP) is 0.160. The van der Waals surface area contributed by atoms with Crippen LogP contribution in [0, 0.1) is 0 Å². The molecule has 0 bridgehead atoms. The summed E-state index contributed by atoms with van der Waals surface area (Å²) in [5.41, 5.74) is 2.34. The number of nitrogen functional groups attached to an aromatic ring is 1. The van der Waals surface area contributed by atoms with E-state index in [1.54, 1.807) is 4.68 Å². The minimum atomic E-state index is -0.256. The molecule has 7 nitrogen and oxygen atoms in total. The van der Waals surface area contributed by atoms with Gasteiger partial charge in [0.25, 0.3) is 5.56 Å². The number of hydrogen-bond donors (Lipinski definition) is 3. The fraction of sp³-hybridized carbons (Fsp3) is 0.444. The van der Waals surface area contributed by atoms with E-state index in [9.17, 15) is 4.79 Å². The Kier molecular flexibility index (Phi) is 2.20. The van der Waals surface area contributed by atoms with Crippen molar-refractivity contribution in [3.8, 4) is 0 Å². The molecule has 0 unspecified atom stereocenters. The lowest BCUT2D eigenvalue weighted by molar-refractivity contribution is 0.366. The van der Waals surface area contributed by atoms with Crippen molar-refractivity contribution < 1.29 is 0 Å². The highest BCUT2D eigenvalue weighted by Gasteiger charge is 2.19. The summed E-state index contributed by atoms with van der Waals surface area (Å²) >= 11 is 0. The number of hydrazine groups is 1. The van der Waals surface area contributed by atoms with E-state index in [0.29, 0.717) is 11.0 Å². The van der Waals surface area contributed by atoms with Gasteiger partial charge in [0.1, 0.15) is 5.39 Å². The summed E-state index contributed by atoms with van der Waals surface area (Å²) in [6, 6.07) is 0. The molecule has 0 aliphatic rings. The lowest BCUT2D eigenvalue weighted by Crippen LogP contribution is -2.24. The van der Waals surface area contributed by atoms with Crippen LogP contribution in [0.3, 0.4) is 0 Å². The SMILES string of the molecule is CC(C)(C)n1ncc2c(=O)[nH]c(NN)nc21. The number of anilines is 1. The highest BCUT2D eigenvalue weighted by Crippen LogP contribution is 2.18. The van der Waals surface area contributed by atoms with E-state index in [0.717, 1.165) is 0 Å². The molecule has 0 atom stereocenters. The number of nitrogens with zero attached hydrogens (tertiary/aromatic N) is 3. The highest BCUT2D eigenvalue weighted by molar-refractivity contribution is 5.74. The number of H-pyrrole nitrogens is 1. The fourth-order valence-corrected chi connectivity index (χ4v) is 1.48. The summed E-state index contributed by atoms with van der Waals surface area (Å²) < 4.78 is 1.69. The van der Waals surface area contributed by atoms with Crippen LogP contribution in [0.5, 0.6) is 0 Å². The monoisotopic (exact) mass is 222 g/mol. The third-order valence-corrected chi connectivity index (χ3v) is 2.21. The summed E-state index contributed by atoms with van der Waals surface area (Å²) in [5.74, 6) is 5.45. The summed E-state index contributed by atoms with van der Waals surface area (Å²) in [6.45, 7) is 5.95. The molecule has 2 rings (SSSR count). The Morgan fingerprint density at radius 2 is 2.19 bits per heavy atom. The number of nitrogens with one attached hydrogen (secondary N) is 2. The molecule has 86 valence electrons. The molecule has 4 N–H and O–H groups in total. The molecule has 0 aliphatic carbocycles. The predicted molar refractivity (Wildman–Crippen MR) is 61.0 cm³/mol. The zero-order valence-electron chi connectivity index (χ0n) is 9.40. The van der Waals surface area contributed by atoms with E-state index >= 15 is 0 Å². The van der Waals surface area contributed by atoms with Crippen molar-refractivity contribution >= 4 is 17.0 Å². The van der Waals surface area contributed by atoms with Gasteiger partial charge < -0.3 is 0 Å². The van der Waals surface area contributed by atoms with Gasteiger partial charge >= 0.3 is 0 Å². The van der Waals surface area contributed by atoms with Crippen LogP contribution < -0.4 is 16.8 Å². The molecule has 16 heavy (non-hydrogen) atoms. The van der Waals surface area contributed by atoms with Crippen LogP contribution >= 0.6 is 0 Å². The average molecular weight is 222 g/mol. The Hall–Kier alpha value is -1.89. The Morgan fingerprint density at radius 1 is 1.50 bits per heavy atom. The van der Waals surface area contributed by atoms with Gasteiger partial charge in [0.05, 0.1) is 11.7 Å². The quantitative estimate of drug-likeness (QED) is 0.471. The number of aromatic amines is 1. The number of aromatic nitrogens is 4. The maximum absolute atomic E-state index is 11.7. The molecule has 0 radical (unpaired) electrons. The first-order chi connectivity index (χ1) is 7.43. The van der Waals surface area contributed by atoms with Gasteiger partial charge in [-0.25, -0.2) is 10.5 Å². The van der Waals surface area contributed by atoms with Crippen LogP contribution in [0.4, 0.5) is 5.95 Å². The number of nitrogens with two attached hydrogens (primary N) is 1. The van der Waals surface area contributed by atoms with Crippen molar-refractivity contribution in [1.82, 2.24) is 19.7 Å². The Bertz CT molecular complexity index is 576. The number of rotatable bonds is 1. The second-order valence-electron chi connectivity index (χ2n) is 4.52. The van der Waals surface area contributed by atoms with Gasteiger partial charge in [0.2, 0.25) is 5.95 Å². The second kappa shape index (κ2) is 3.31. The first-order valence-electron chi connectivity index (χ1n) is 4.88. The first-order valence-corrected chi connectivity index (χ1v) is 4.88. The number of hydrogen-bond acceptors (Lipinski definition) is 5. The van der Waals surface area contributed by atoms with Crippen LogP contribution in [0.1, 0.15) is 20.8 Å². The summed E-state index contributed by atoms with van der Waals surface area (Å²) in [6.07, 6.45) is 1.51. The molecule has 0 saturated carbocycles. The standard InChI is InChI=1S/C9H14N6O/c1-9(2,3)15-6-5(4-11-15)7(16)13-8(12-6)14-10/h4H,10H2,1-3H3,(H2,12,13,14,16). The topological polar surface area (TPSA) is 102 Å². The molecule has 0 spiro atoms. The van der Waals surface area contributed by atoms with Crippen molar-refractivity contribution in [2.75, 3.05) is 5.43 Å². The summed E-state index contributed by atoms with van der Waals surface area (Å²) in [5, 5.41) is 4.62. The van der Waals surface area contributed by atoms with E-state index in [4.69, 9.17) is 5.84 Å². The molecule has 0 aromatic carbocycles. The zero-order valence-corrected chi connectivity index (χ0v) is 9.40. The lowest BCUT2D eigenvalue weighted by Gasteiger charge is -2.19. The van der Waals surface area contributed by atoms with Gasteiger partial charge in [-0.2, -0.15) is 10.1 Å². The maximum atomic E-state index is 11.7. The molecule has 2 aromatic heterocycles. The van der Waals surface area contributed by atoms with E-state index < -0.39 is 0 Å². The number of fused-ring (bicyclic) bond motifs is 1. The van der Waals surface area contributed by atoms with Crippen molar-refractivity contribution in [2.24, 2.45) is 5.84 Å². The maximum Gasteiger partial charge on any atom is 0.263 e. The van der Waals surface area contributed by atoms with Gasteiger partial charge in [-0.05, 0) is 20.8 Å². The summed E-state index contributed by atoms with van der Waals surface area (Å²) in [7, 11) is 0. The third-order valence-electron chi connectivity index (χ3n) is 2.21. The van der Waals surface area contributed by atoms with Gasteiger partial charge in [-0.1, -0.05) is 0 Å². The highest BCUT2D eigenvalue weighted by atomic mass is 16.1. The fourth-order valence-electron chi connectivity index (χ4n) is 1.48. The van der Waals surface area contributed by atoms with Gasteiger partial charge in [0, 0.05) is 0 Å². The lowest BCUT2D eigenvalue weighted by atomic mass is 10.1. The van der Waals surface area contributed by atoms with Crippen molar-refractivity contribution in [3.05, 3.63) is 16.6 Å². The normalized spacial score (nSPS) is 12.0. The minimum Gasteiger partial charge on any atom is -0.294 e. The second-order valence-corrected chi connectivity index (χ2v) is 4.52. The van der Waals surface area contributed by atoms with Crippen LogP contribution in [0.25, 0.3) is 11.0 Å². The van der Waals surface area contributed by atoms with Crippen molar-refractivity contribution in [2.45, 2.75) is 26.3 Å². The van der Waals surface area contributed by atoms with Gasteiger partial charge in [0.15, 0.2) is 5.65 Å². The van der Waals surface area contributed by atoms with Gasteiger partial charge in [-0.3, -0.25) is 15.2 Å². The minimum absolute atomic E-state index is 0.225. The van der Waals surface area contributed by atoms with Crippen LogP contribution in [-0.4, -0.2) is 19.7 Å². The Morgan fingerprint density at radius 3 is 2.75 bits per heavy atom. The van der Waals surface area contributed by atoms with Crippen LogP contribution in [0.2, 0.25) is 0 Å². The first kappa shape index (κ1) is 10.6. The molecular formula is C9H14N6O. The largest absolute Gasteiger partial charge is 0.294 e. The van der Waals surface area contributed by atoms with E-state index in [1.807, 2.05) is 20.8 Å². The third kappa shape index (κ3) is 1.54. The van der Waals surface area contributed by atoms with Crippen LogP contribution in [0.15, 0.2) is 11.0 Å². The molecule has 0 fully saturated rings. The molecular weight excluding hydrogens is 208 g/mol. The van der Waals surface area contributed by atoms with Crippen LogP contribution in [-0.2, 0) is 5.54 Å². The smallest absolute Gasteiger partial charge is 0.263 e. The van der Waals surface area contributed by atoms with E-state index in [-0.39, 0.29) is 17.0 Å². The molecule has 0 aliphatic heterocycles. The Balaban J connectivity index is 2.81. The Labute approximate surface area is 91.6 Å². The molecule has 2 heterocycles. The van der Waals surface area contributed by atoms with Gasteiger partial charge in [-0.15, -0.1) is 0 Å².